The summed E-state index contributed by atoms with van der Waals surface area (Å²) in [5, 5.41) is 16.1. The fourth-order valence-corrected chi connectivity index (χ4v) is 8.02. The minimum absolute atomic E-state index is 0.00641. The second kappa shape index (κ2) is 14.2. The van der Waals surface area contributed by atoms with E-state index in [2.05, 4.69) is 20.4 Å². The van der Waals surface area contributed by atoms with E-state index >= 15 is 0 Å². The highest BCUT2D eigenvalue weighted by Gasteiger charge is 2.44. The molecule has 2 fully saturated rings. The van der Waals surface area contributed by atoms with E-state index < -0.39 is 0 Å². The molecular formula is C37H39Cl2N7O4. The minimum Gasteiger partial charge on any atom is -0.480 e. The molecule has 260 valence electrons. The van der Waals surface area contributed by atoms with E-state index in [1.165, 1.54) is 0 Å². The molecule has 50 heavy (non-hydrogen) atoms. The predicted molar refractivity (Wildman–Crippen MR) is 192 cm³/mol. The Balaban J connectivity index is 1.11. The molecule has 3 aliphatic rings. The van der Waals surface area contributed by atoms with Crippen LogP contribution in [0.4, 0.5) is 5.69 Å². The standard InChI is InChI=1S/C37H39Cl2N7O4/c1-22-15-28(42-30-18-45(13-14-47)11-9-23(22)30)35(49)43-27-8-4-6-25(34(27)39)24-5-3-7-26(33(24)38)29-17-40-31(36(44-29)50-2)19-46-12-10-37(21-46)16-32(48)41-20-37/h3-8,15,17,47H,9-14,16,18-21H2,1-2H3,(H,41,48)(H,43,49). The van der Waals surface area contributed by atoms with Gasteiger partial charge in [0.05, 0.1) is 47.0 Å². The van der Waals surface area contributed by atoms with Crippen LogP contribution in [-0.2, 0) is 24.3 Å². The quantitative estimate of drug-likeness (QED) is 0.215. The number of anilines is 1. The minimum atomic E-state index is -0.367. The van der Waals surface area contributed by atoms with Crippen LogP contribution in [-0.4, -0.2) is 88.1 Å². The number of carbonyl (C=O) groups is 2. The van der Waals surface area contributed by atoms with Gasteiger partial charge in [-0.25, -0.2) is 9.97 Å². The number of methoxy groups -OCH3 is 1. The number of β-amino-alcohol motifs (C(OH)–C–C–N with tert-alkyl or cyclic N) is 1. The molecule has 0 radical (unpaired) electrons. The van der Waals surface area contributed by atoms with Crippen LogP contribution in [0.25, 0.3) is 22.4 Å². The summed E-state index contributed by atoms with van der Waals surface area (Å²) in [5.74, 6) is 0.171. The Morgan fingerprint density at radius 2 is 1.86 bits per heavy atom. The van der Waals surface area contributed by atoms with Crippen molar-refractivity contribution in [1.82, 2.24) is 30.1 Å². The van der Waals surface area contributed by atoms with Gasteiger partial charge in [0.1, 0.15) is 11.4 Å². The van der Waals surface area contributed by atoms with Crippen LogP contribution in [0.3, 0.4) is 0 Å². The van der Waals surface area contributed by atoms with Crippen LogP contribution < -0.4 is 15.4 Å². The van der Waals surface area contributed by atoms with Crippen molar-refractivity contribution in [2.24, 2.45) is 5.41 Å². The number of hydrogen-bond acceptors (Lipinski definition) is 9. The number of nitrogens with one attached hydrogen (secondary N) is 2. The molecular weight excluding hydrogens is 677 g/mol. The summed E-state index contributed by atoms with van der Waals surface area (Å²) in [6.07, 6.45) is 4.05. The summed E-state index contributed by atoms with van der Waals surface area (Å²) >= 11 is 14.0. The number of pyridine rings is 1. The number of nitrogens with zero attached hydrogens (tertiary/aromatic N) is 5. The lowest BCUT2D eigenvalue weighted by molar-refractivity contribution is -0.119. The zero-order chi connectivity index (χ0) is 35.0. The summed E-state index contributed by atoms with van der Waals surface area (Å²) in [7, 11) is 1.58. The Labute approximate surface area is 301 Å². The molecule has 0 aliphatic carbocycles. The van der Waals surface area contributed by atoms with Crippen molar-refractivity contribution in [2.75, 3.05) is 51.8 Å². The summed E-state index contributed by atoms with van der Waals surface area (Å²) in [5.41, 5.74) is 7.00. The summed E-state index contributed by atoms with van der Waals surface area (Å²) in [6, 6.07) is 12.8. The summed E-state index contributed by atoms with van der Waals surface area (Å²) in [4.78, 5) is 44.0. The molecule has 2 aromatic heterocycles. The predicted octanol–water partition coefficient (Wildman–Crippen LogP) is 5.14. The maximum atomic E-state index is 13.5. The lowest BCUT2D eigenvalue weighted by Crippen LogP contribution is -2.34. The molecule has 5 heterocycles. The molecule has 3 N–H and O–H groups in total. The lowest BCUT2D eigenvalue weighted by Gasteiger charge is -2.28. The zero-order valence-electron chi connectivity index (χ0n) is 28.1. The van der Waals surface area contributed by atoms with Crippen molar-refractivity contribution in [3.63, 3.8) is 0 Å². The summed E-state index contributed by atoms with van der Waals surface area (Å²) < 4.78 is 5.68. The van der Waals surface area contributed by atoms with Crippen LogP contribution in [0.1, 0.15) is 45.8 Å². The number of likely N-dealkylation sites (tertiary alicyclic amines) is 1. The number of halogens is 2. The number of hydrogen-bond donors (Lipinski definition) is 3. The molecule has 13 heteroatoms. The van der Waals surface area contributed by atoms with Crippen molar-refractivity contribution >= 4 is 40.7 Å². The number of benzene rings is 2. The molecule has 0 saturated carbocycles. The van der Waals surface area contributed by atoms with Gasteiger partial charge in [0.25, 0.3) is 5.91 Å². The monoisotopic (exact) mass is 715 g/mol. The van der Waals surface area contributed by atoms with E-state index in [1.807, 2.05) is 43.3 Å². The molecule has 7 rings (SSSR count). The highest BCUT2D eigenvalue weighted by molar-refractivity contribution is 6.39. The third-order valence-electron chi connectivity index (χ3n) is 10.0. The number of amides is 2. The smallest absolute Gasteiger partial charge is 0.274 e. The SMILES string of the molecule is COc1nc(-c2cccc(-c3cccc(NC(=O)c4cc(C)c5c(n4)CN(CCO)CC5)c3Cl)c2Cl)cnc1CN1CCC2(CNC(=O)C2)C1. The maximum absolute atomic E-state index is 13.5. The van der Waals surface area contributed by atoms with Gasteiger partial charge >= 0.3 is 0 Å². The lowest BCUT2D eigenvalue weighted by atomic mass is 9.86. The molecule has 2 amide bonds. The van der Waals surface area contributed by atoms with Crippen LogP contribution >= 0.6 is 23.2 Å². The van der Waals surface area contributed by atoms with Crippen molar-refractivity contribution in [2.45, 2.75) is 39.3 Å². The number of rotatable bonds is 9. The summed E-state index contributed by atoms with van der Waals surface area (Å²) in [6.45, 7) is 7.05. The van der Waals surface area contributed by atoms with Crippen LogP contribution in [0.15, 0.2) is 48.7 Å². The van der Waals surface area contributed by atoms with Crippen molar-refractivity contribution < 1.29 is 19.4 Å². The van der Waals surface area contributed by atoms with E-state index in [1.54, 1.807) is 19.4 Å². The molecule has 11 nitrogen and oxygen atoms in total. The average Bonchev–Trinajstić information content (AvgIpc) is 3.68. The van der Waals surface area contributed by atoms with E-state index in [9.17, 15) is 14.7 Å². The number of aliphatic hydroxyl groups excluding tert-OH is 1. The highest BCUT2D eigenvalue weighted by atomic mass is 35.5. The Morgan fingerprint density at radius 1 is 1.08 bits per heavy atom. The number of aryl methyl sites for hydroxylation is 1. The number of aliphatic hydroxyl groups is 1. The van der Waals surface area contributed by atoms with Gasteiger partial charge in [0.15, 0.2) is 0 Å². The maximum Gasteiger partial charge on any atom is 0.274 e. The van der Waals surface area contributed by atoms with Gasteiger partial charge in [0.2, 0.25) is 11.8 Å². The first-order valence-corrected chi connectivity index (χ1v) is 17.5. The molecule has 2 aromatic carbocycles. The number of carbonyl (C=O) groups excluding carboxylic acids is 2. The van der Waals surface area contributed by atoms with Crippen molar-refractivity contribution in [1.29, 1.82) is 0 Å². The zero-order valence-corrected chi connectivity index (χ0v) is 29.6. The Bertz CT molecular complexity index is 1970. The average molecular weight is 717 g/mol. The van der Waals surface area contributed by atoms with Crippen LogP contribution in [0.5, 0.6) is 5.88 Å². The fourth-order valence-electron chi connectivity index (χ4n) is 7.42. The molecule has 0 bridgehead atoms. The molecule has 2 saturated heterocycles. The topological polar surface area (TPSA) is 133 Å². The Hall–Kier alpha value is -4.13. The molecule has 4 aromatic rings. The van der Waals surface area contributed by atoms with Gasteiger partial charge in [-0.2, -0.15) is 0 Å². The van der Waals surface area contributed by atoms with Gasteiger partial charge in [-0.1, -0.05) is 53.5 Å². The fraction of sp³-hybridized carbons (Fsp3) is 0.378. The van der Waals surface area contributed by atoms with Gasteiger partial charge in [-0.3, -0.25) is 24.4 Å². The number of fused-ring (bicyclic) bond motifs is 1. The van der Waals surface area contributed by atoms with E-state index in [0.717, 1.165) is 61.5 Å². The second-order valence-corrected chi connectivity index (χ2v) is 14.2. The van der Waals surface area contributed by atoms with Crippen LogP contribution in [0, 0.1) is 12.3 Å². The third-order valence-corrected chi connectivity index (χ3v) is 10.9. The molecule has 1 atom stereocenters. The second-order valence-electron chi connectivity index (χ2n) is 13.4. The van der Waals surface area contributed by atoms with Crippen molar-refractivity contribution in [3.05, 3.63) is 86.9 Å². The van der Waals surface area contributed by atoms with Gasteiger partial charge in [-0.05, 0) is 49.6 Å². The first-order valence-electron chi connectivity index (χ1n) is 16.8. The third kappa shape index (κ3) is 6.80. The highest BCUT2D eigenvalue weighted by Crippen LogP contribution is 2.42. The van der Waals surface area contributed by atoms with E-state index in [4.69, 9.17) is 42.9 Å². The van der Waals surface area contributed by atoms with Gasteiger partial charge < -0.3 is 20.5 Å². The normalized spacial score (nSPS) is 19.1. The molecule has 1 spiro atoms. The van der Waals surface area contributed by atoms with E-state index in [0.29, 0.717) is 75.7 Å². The Kier molecular flexibility index (Phi) is 9.78. The Morgan fingerprint density at radius 3 is 2.62 bits per heavy atom. The first kappa shape index (κ1) is 34.3. The largest absolute Gasteiger partial charge is 0.480 e. The number of aromatic nitrogens is 3. The van der Waals surface area contributed by atoms with Gasteiger partial charge in [-0.15, -0.1) is 0 Å². The van der Waals surface area contributed by atoms with Gasteiger partial charge in [0, 0.05) is 67.8 Å². The van der Waals surface area contributed by atoms with E-state index in [-0.39, 0.29) is 23.8 Å². The van der Waals surface area contributed by atoms with Crippen LogP contribution in [0.2, 0.25) is 10.0 Å². The number of ether oxygens (including phenoxy) is 1. The van der Waals surface area contributed by atoms with Crippen molar-refractivity contribution in [3.8, 4) is 28.3 Å². The molecule has 3 aliphatic heterocycles. The first-order chi connectivity index (χ1) is 24.2. The molecule has 1 unspecified atom stereocenters.